The Bertz CT molecular complexity index is 768. The lowest BCUT2D eigenvalue weighted by molar-refractivity contribution is -0.110. The molecule has 0 aliphatic carbocycles. The third-order valence-electron chi connectivity index (χ3n) is 3.86. The molecule has 3 N–H and O–H groups in total. The molecule has 1 atom stereocenters. The number of carbonyl (C=O) groups excluding carboxylic acids is 2. The van der Waals surface area contributed by atoms with Crippen molar-refractivity contribution >= 4 is 12.4 Å². The van der Waals surface area contributed by atoms with Gasteiger partial charge in [0.15, 0.2) is 11.5 Å². The van der Waals surface area contributed by atoms with Crippen molar-refractivity contribution in [1.82, 2.24) is 16.0 Å². The Balaban J connectivity index is 1.88. The highest BCUT2D eigenvalue weighted by atomic mass is 19.1. The second-order valence-corrected chi connectivity index (χ2v) is 5.61. The molecule has 2 rings (SSSR count). The van der Waals surface area contributed by atoms with Gasteiger partial charge in [0, 0.05) is 6.54 Å². The molecular weight excluding hydrogens is 353 g/mol. The van der Waals surface area contributed by atoms with Gasteiger partial charge in [0.2, 0.25) is 6.41 Å². The molecule has 0 saturated carbocycles. The molecule has 0 heterocycles. The van der Waals surface area contributed by atoms with Gasteiger partial charge in [-0.15, -0.1) is 0 Å². The summed E-state index contributed by atoms with van der Waals surface area (Å²) in [5.41, 5.74) is 1.52. The van der Waals surface area contributed by atoms with Gasteiger partial charge in [-0.05, 0) is 41.8 Å². The number of methoxy groups -OCH3 is 2. The van der Waals surface area contributed by atoms with Gasteiger partial charge in [-0.25, -0.2) is 9.18 Å². The van der Waals surface area contributed by atoms with E-state index in [0.717, 1.165) is 5.56 Å². The van der Waals surface area contributed by atoms with Crippen molar-refractivity contribution < 1.29 is 23.5 Å². The molecule has 2 aromatic carbocycles. The highest BCUT2D eigenvalue weighted by Crippen LogP contribution is 2.27. The molecule has 0 fully saturated rings. The van der Waals surface area contributed by atoms with Crippen LogP contribution in [0.1, 0.15) is 17.3 Å². The van der Waals surface area contributed by atoms with Crippen LogP contribution in [0.5, 0.6) is 11.5 Å². The minimum Gasteiger partial charge on any atom is -0.493 e. The summed E-state index contributed by atoms with van der Waals surface area (Å²) in [5.74, 6) is 0.850. The number of carbonyl (C=O) groups is 2. The zero-order valence-corrected chi connectivity index (χ0v) is 15.1. The van der Waals surface area contributed by atoms with Crippen LogP contribution in [0.2, 0.25) is 0 Å². The van der Waals surface area contributed by atoms with Crippen LogP contribution in [-0.4, -0.2) is 33.2 Å². The van der Waals surface area contributed by atoms with E-state index in [4.69, 9.17) is 9.47 Å². The zero-order valence-electron chi connectivity index (χ0n) is 15.1. The Morgan fingerprint density at radius 2 is 1.81 bits per heavy atom. The van der Waals surface area contributed by atoms with E-state index in [2.05, 4.69) is 16.0 Å². The Morgan fingerprint density at radius 3 is 2.44 bits per heavy atom. The van der Waals surface area contributed by atoms with Crippen LogP contribution in [-0.2, 0) is 11.2 Å². The van der Waals surface area contributed by atoms with Gasteiger partial charge < -0.3 is 25.4 Å². The first-order chi connectivity index (χ1) is 13.1. The van der Waals surface area contributed by atoms with Crippen LogP contribution in [0, 0.1) is 5.82 Å². The maximum atomic E-state index is 13.0. The highest BCUT2D eigenvalue weighted by Gasteiger charge is 2.13. The van der Waals surface area contributed by atoms with Crippen molar-refractivity contribution in [3.05, 3.63) is 59.4 Å². The normalized spacial score (nSPS) is 11.2. The minimum atomic E-state index is -0.760. The first kappa shape index (κ1) is 20.0. The van der Waals surface area contributed by atoms with Crippen LogP contribution in [0.15, 0.2) is 42.5 Å². The maximum Gasteiger partial charge on any atom is 0.316 e. The molecule has 27 heavy (non-hydrogen) atoms. The molecule has 2 aromatic rings. The molecule has 0 bridgehead atoms. The summed E-state index contributed by atoms with van der Waals surface area (Å²) >= 11 is 0. The van der Waals surface area contributed by atoms with E-state index in [-0.39, 0.29) is 0 Å². The summed E-state index contributed by atoms with van der Waals surface area (Å²) in [6, 6.07) is 10.5. The van der Waals surface area contributed by atoms with Gasteiger partial charge in [-0.2, -0.15) is 0 Å². The standard InChI is InChI=1S/C19H22FN3O4/c1-26-16-8-3-13(11-17(16)27-2)9-10-21-19(25)23-18(22-12-24)14-4-6-15(20)7-5-14/h3-8,11-12,18H,9-10H2,1-2H3,(H,22,24)(H2,21,23,25). The van der Waals surface area contributed by atoms with Crippen LogP contribution in [0.3, 0.4) is 0 Å². The largest absolute Gasteiger partial charge is 0.493 e. The number of rotatable bonds is 9. The van der Waals surface area contributed by atoms with Gasteiger partial charge in [-0.3, -0.25) is 4.79 Å². The van der Waals surface area contributed by atoms with Gasteiger partial charge in [-0.1, -0.05) is 18.2 Å². The quantitative estimate of drug-likeness (QED) is 0.463. The molecule has 0 aliphatic heterocycles. The highest BCUT2D eigenvalue weighted by molar-refractivity contribution is 5.74. The van der Waals surface area contributed by atoms with Crippen molar-refractivity contribution in [3.8, 4) is 11.5 Å². The number of hydrogen-bond donors (Lipinski definition) is 3. The molecule has 0 spiro atoms. The Labute approximate surface area is 156 Å². The third kappa shape index (κ3) is 5.88. The van der Waals surface area contributed by atoms with Crippen molar-refractivity contribution in [3.63, 3.8) is 0 Å². The van der Waals surface area contributed by atoms with Gasteiger partial charge in [0.1, 0.15) is 12.0 Å². The SMILES string of the molecule is COc1ccc(CCNC(=O)NC(NC=O)c2ccc(F)cc2)cc1OC. The molecule has 8 heteroatoms. The molecule has 3 amide bonds. The van der Waals surface area contributed by atoms with E-state index in [0.29, 0.717) is 36.4 Å². The van der Waals surface area contributed by atoms with Crippen LogP contribution in [0.4, 0.5) is 9.18 Å². The summed E-state index contributed by atoms with van der Waals surface area (Å²) in [6.07, 6.45) is 0.290. The molecule has 7 nitrogen and oxygen atoms in total. The lowest BCUT2D eigenvalue weighted by Crippen LogP contribution is -2.43. The summed E-state index contributed by atoms with van der Waals surface area (Å²) in [5, 5.41) is 7.82. The van der Waals surface area contributed by atoms with Gasteiger partial charge >= 0.3 is 6.03 Å². The Morgan fingerprint density at radius 1 is 1.11 bits per heavy atom. The topological polar surface area (TPSA) is 88.7 Å². The molecule has 0 saturated heterocycles. The lowest BCUT2D eigenvalue weighted by atomic mass is 10.1. The van der Waals surface area contributed by atoms with E-state index in [9.17, 15) is 14.0 Å². The second kappa shape index (κ2) is 10.0. The molecular formula is C19H22FN3O4. The van der Waals surface area contributed by atoms with Crippen LogP contribution >= 0.6 is 0 Å². The predicted molar refractivity (Wildman–Crippen MR) is 98.1 cm³/mol. The first-order valence-corrected chi connectivity index (χ1v) is 8.27. The average molecular weight is 375 g/mol. The number of urea groups is 1. The van der Waals surface area contributed by atoms with Crippen molar-refractivity contribution in [2.24, 2.45) is 0 Å². The van der Waals surface area contributed by atoms with Crippen molar-refractivity contribution in [2.45, 2.75) is 12.6 Å². The summed E-state index contributed by atoms with van der Waals surface area (Å²) in [6.45, 7) is 0.374. The fraction of sp³-hybridized carbons (Fsp3) is 0.263. The molecule has 0 aliphatic rings. The number of benzene rings is 2. The number of amides is 3. The van der Waals surface area contributed by atoms with Crippen molar-refractivity contribution in [1.29, 1.82) is 0 Å². The van der Waals surface area contributed by atoms with Crippen LogP contribution < -0.4 is 25.4 Å². The third-order valence-corrected chi connectivity index (χ3v) is 3.86. The molecule has 144 valence electrons. The molecule has 0 radical (unpaired) electrons. The first-order valence-electron chi connectivity index (χ1n) is 8.27. The molecule has 1 unspecified atom stereocenters. The van der Waals surface area contributed by atoms with Crippen LogP contribution in [0.25, 0.3) is 0 Å². The van der Waals surface area contributed by atoms with Gasteiger partial charge in [0.25, 0.3) is 0 Å². The summed E-state index contributed by atoms with van der Waals surface area (Å²) < 4.78 is 23.5. The fourth-order valence-corrected chi connectivity index (χ4v) is 2.48. The number of ether oxygens (including phenoxy) is 2. The average Bonchev–Trinajstić information content (AvgIpc) is 2.68. The van der Waals surface area contributed by atoms with E-state index in [1.807, 2.05) is 12.1 Å². The summed E-state index contributed by atoms with van der Waals surface area (Å²) in [7, 11) is 3.12. The maximum absolute atomic E-state index is 13.0. The van der Waals surface area contributed by atoms with Crippen molar-refractivity contribution in [2.75, 3.05) is 20.8 Å². The fourth-order valence-electron chi connectivity index (χ4n) is 2.48. The van der Waals surface area contributed by atoms with E-state index >= 15 is 0 Å². The predicted octanol–water partition coefficient (Wildman–Crippen LogP) is 2.13. The summed E-state index contributed by atoms with van der Waals surface area (Å²) in [4.78, 5) is 22.9. The molecule has 0 aromatic heterocycles. The number of halogens is 1. The lowest BCUT2D eigenvalue weighted by Gasteiger charge is -2.19. The smallest absolute Gasteiger partial charge is 0.316 e. The van der Waals surface area contributed by atoms with E-state index in [1.54, 1.807) is 20.3 Å². The minimum absolute atomic E-state index is 0.374. The second-order valence-electron chi connectivity index (χ2n) is 5.61. The Hall–Kier alpha value is -3.29. The van der Waals surface area contributed by atoms with E-state index in [1.165, 1.54) is 24.3 Å². The number of hydrogen-bond acceptors (Lipinski definition) is 4. The van der Waals surface area contributed by atoms with E-state index < -0.39 is 18.0 Å². The van der Waals surface area contributed by atoms with Gasteiger partial charge in [0.05, 0.1) is 14.2 Å². The Kier molecular flexibility index (Phi) is 7.42. The number of nitrogens with one attached hydrogen (secondary N) is 3. The zero-order chi connectivity index (χ0) is 19.6. The monoisotopic (exact) mass is 375 g/mol.